The standard InChI is InChI=1S/C19H28N2O3/c22-15-10-20(11-15)17(23)16-2-1-3-21(16)18(24)19-7-12-4-13(8-19)6-14(5-12)9-19/h12-16,22H,1-11H2. The third-order valence-corrected chi connectivity index (χ3v) is 7.46. The lowest BCUT2D eigenvalue weighted by atomic mass is 9.49. The highest BCUT2D eigenvalue weighted by atomic mass is 16.3. The predicted octanol–water partition coefficient (Wildman–Crippen LogP) is 1.40. The van der Waals surface area contributed by atoms with Gasteiger partial charge >= 0.3 is 0 Å². The summed E-state index contributed by atoms with van der Waals surface area (Å²) in [6.45, 7) is 1.62. The van der Waals surface area contributed by atoms with Crippen LogP contribution in [0.2, 0.25) is 0 Å². The van der Waals surface area contributed by atoms with Crippen LogP contribution in [-0.2, 0) is 9.59 Å². The van der Waals surface area contributed by atoms with Gasteiger partial charge in [-0.3, -0.25) is 9.59 Å². The van der Waals surface area contributed by atoms with E-state index in [1.807, 2.05) is 4.90 Å². The molecule has 6 fully saturated rings. The normalized spacial score (nSPS) is 44.0. The van der Waals surface area contributed by atoms with Gasteiger partial charge < -0.3 is 14.9 Å². The first-order valence-corrected chi connectivity index (χ1v) is 9.82. The number of aliphatic hydroxyl groups is 1. The second-order valence-corrected chi connectivity index (χ2v) is 9.25. The first-order chi connectivity index (χ1) is 11.5. The van der Waals surface area contributed by atoms with Gasteiger partial charge in [0.25, 0.3) is 0 Å². The van der Waals surface area contributed by atoms with Crippen molar-refractivity contribution in [3.63, 3.8) is 0 Å². The van der Waals surface area contributed by atoms with E-state index in [0.717, 1.165) is 56.4 Å². The Morgan fingerprint density at radius 3 is 2.08 bits per heavy atom. The molecule has 2 saturated heterocycles. The van der Waals surface area contributed by atoms with Gasteiger partial charge in [-0.1, -0.05) is 0 Å². The molecule has 1 atom stereocenters. The Balaban J connectivity index is 1.35. The van der Waals surface area contributed by atoms with Crippen molar-refractivity contribution in [2.75, 3.05) is 19.6 Å². The summed E-state index contributed by atoms with van der Waals surface area (Å²) in [6.07, 6.45) is 8.56. The number of nitrogens with zero attached hydrogens (tertiary/aromatic N) is 2. The van der Waals surface area contributed by atoms with Crippen LogP contribution in [-0.4, -0.2) is 58.5 Å². The van der Waals surface area contributed by atoms with Gasteiger partial charge in [-0.25, -0.2) is 0 Å². The highest BCUT2D eigenvalue weighted by Crippen LogP contribution is 2.60. The summed E-state index contributed by atoms with van der Waals surface area (Å²) in [6, 6.07) is -0.266. The monoisotopic (exact) mass is 332 g/mol. The molecule has 132 valence electrons. The van der Waals surface area contributed by atoms with E-state index >= 15 is 0 Å². The van der Waals surface area contributed by atoms with Crippen LogP contribution in [0.3, 0.4) is 0 Å². The molecule has 2 heterocycles. The molecule has 1 unspecified atom stereocenters. The number of carbonyl (C=O) groups excluding carboxylic acids is 2. The molecule has 5 heteroatoms. The summed E-state index contributed by atoms with van der Waals surface area (Å²) in [4.78, 5) is 29.9. The molecule has 24 heavy (non-hydrogen) atoms. The van der Waals surface area contributed by atoms with Gasteiger partial charge in [0.05, 0.1) is 11.5 Å². The van der Waals surface area contributed by atoms with E-state index in [0.29, 0.717) is 19.0 Å². The van der Waals surface area contributed by atoms with E-state index < -0.39 is 0 Å². The number of carbonyl (C=O) groups is 2. The minimum atomic E-state index is -0.373. The van der Waals surface area contributed by atoms with Gasteiger partial charge in [0, 0.05) is 19.6 Å². The van der Waals surface area contributed by atoms with Gasteiger partial charge in [-0.05, 0) is 69.1 Å². The highest BCUT2D eigenvalue weighted by Gasteiger charge is 2.57. The fourth-order valence-corrected chi connectivity index (χ4v) is 6.79. The summed E-state index contributed by atoms with van der Waals surface area (Å²) >= 11 is 0. The van der Waals surface area contributed by atoms with E-state index in [9.17, 15) is 14.7 Å². The summed E-state index contributed by atoms with van der Waals surface area (Å²) in [5.74, 6) is 2.61. The van der Waals surface area contributed by atoms with Crippen LogP contribution in [0.5, 0.6) is 0 Å². The van der Waals surface area contributed by atoms with Gasteiger partial charge in [0.2, 0.25) is 11.8 Å². The maximum absolute atomic E-state index is 13.5. The quantitative estimate of drug-likeness (QED) is 0.831. The lowest BCUT2D eigenvalue weighted by molar-refractivity contribution is -0.164. The predicted molar refractivity (Wildman–Crippen MR) is 87.9 cm³/mol. The number of amides is 2. The first kappa shape index (κ1) is 15.2. The molecule has 4 aliphatic carbocycles. The summed E-state index contributed by atoms with van der Waals surface area (Å²) in [5, 5.41) is 9.46. The summed E-state index contributed by atoms with van der Waals surface area (Å²) in [7, 11) is 0. The Morgan fingerprint density at radius 2 is 1.54 bits per heavy atom. The van der Waals surface area contributed by atoms with Crippen molar-refractivity contribution < 1.29 is 14.7 Å². The summed E-state index contributed by atoms with van der Waals surface area (Å²) in [5.41, 5.74) is -0.147. The molecule has 1 N–H and O–H groups in total. The van der Waals surface area contributed by atoms with E-state index in [-0.39, 0.29) is 23.5 Å². The number of aliphatic hydroxyl groups excluding tert-OH is 1. The molecule has 2 aliphatic heterocycles. The van der Waals surface area contributed by atoms with Gasteiger partial charge in [0.15, 0.2) is 0 Å². The van der Waals surface area contributed by atoms with E-state index in [1.54, 1.807) is 4.90 Å². The Labute approximate surface area is 143 Å². The van der Waals surface area contributed by atoms with Crippen LogP contribution in [0.25, 0.3) is 0 Å². The van der Waals surface area contributed by atoms with E-state index in [1.165, 1.54) is 19.3 Å². The molecule has 4 saturated carbocycles. The molecule has 0 aromatic rings. The number of hydrogen-bond donors (Lipinski definition) is 1. The Kier molecular flexibility index (Phi) is 3.29. The number of hydrogen-bond acceptors (Lipinski definition) is 3. The molecule has 0 spiro atoms. The topological polar surface area (TPSA) is 60.9 Å². The molecule has 6 aliphatic rings. The molecule has 5 nitrogen and oxygen atoms in total. The third-order valence-electron chi connectivity index (χ3n) is 7.46. The Morgan fingerprint density at radius 1 is 0.958 bits per heavy atom. The van der Waals surface area contributed by atoms with Crippen LogP contribution >= 0.6 is 0 Å². The largest absolute Gasteiger partial charge is 0.389 e. The molecule has 0 aromatic heterocycles. The second kappa shape index (κ2) is 5.20. The molecule has 4 bridgehead atoms. The molecule has 0 radical (unpaired) electrons. The minimum Gasteiger partial charge on any atom is -0.389 e. The lowest BCUT2D eigenvalue weighted by Crippen LogP contribution is -2.61. The zero-order chi connectivity index (χ0) is 16.5. The second-order valence-electron chi connectivity index (χ2n) is 9.25. The van der Waals surface area contributed by atoms with Crippen molar-refractivity contribution in [1.82, 2.24) is 9.80 Å². The maximum Gasteiger partial charge on any atom is 0.245 e. The zero-order valence-corrected chi connectivity index (χ0v) is 14.3. The Bertz CT molecular complexity index is 534. The fraction of sp³-hybridized carbons (Fsp3) is 0.895. The number of likely N-dealkylation sites (tertiary alicyclic amines) is 2. The van der Waals surface area contributed by atoms with Gasteiger partial charge in [0.1, 0.15) is 6.04 Å². The van der Waals surface area contributed by atoms with Crippen LogP contribution in [0, 0.1) is 23.2 Å². The average Bonchev–Trinajstić information content (AvgIpc) is 2.98. The SMILES string of the molecule is O=C(C1CCCN1C(=O)C12CC3CC(CC(C3)C1)C2)N1CC(O)C1. The lowest BCUT2D eigenvalue weighted by Gasteiger charge is -2.56. The van der Waals surface area contributed by atoms with Crippen molar-refractivity contribution in [3.05, 3.63) is 0 Å². The van der Waals surface area contributed by atoms with Crippen molar-refractivity contribution in [2.24, 2.45) is 23.2 Å². The maximum atomic E-state index is 13.5. The van der Waals surface area contributed by atoms with Crippen molar-refractivity contribution in [1.29, 1.82) is 0 Å². The summed E-state index contributed by atoms with van der Waals surface area (Å²) < 4.78 is 0. The average molecular weight is 332 g/mol. The van der Waals surface area contributed by atoms with Crippen LogP contribution < -0.4 is 0 Å². The van der Waals surface area contributed by atoms with Crippen LogP contribution in [0.1, 0.15) is 51.4 Å². The van der Waals surface area contributed by atoms with Crippen molar-refractivity contribution in [3.8, 4) is 0 Å². The van der Waals surface area contributed by atoms with Crippen molar-refractivity contribution in [2.45, 2.75) is 63.5 Å². The minimum absolute atomic E-state index is 0.0656. The van der Waals surface area contributed by atoms with Crippen LogP contribution in [0.4, 0.5) is 0 Å². The molecule has 2 amide bonds. The Hall–Kier alpha value is -1.10. The number of rotatable bonds is 2. The molecule has 0 aromatic carbocycles. The number of β-amino-alcohol motifs (C(OH)–C–C–N with tert-alkyl or cyclic N) is 1. The fourth-order valence-electron chi connectivity index (χ4n) is 6.79. The molecular formula is C19H28N2O3. The van der Waals surface area contributed by atoms with Gasteiger partial charge in [-0.2, -0.15) is 0 Å². The third kappa shape index (κ3) is 2.16. The van der Waals surface area contributed by atoms with Crippen LogP contribution in [0.15, 0.2) is 0 Å². The van der Waals surface area contributed by atoms with E-state index in [2.05, 4.69) is 0 Å². The molecule has 6 rings (SSSR count). The smallest absolute Gasteiger partial charge is 0.245 e. The zero-order valence-electron chi connectivity index (χ0n) is 14.3. The molecular weight excluding hydrogens is 304 g/mol. The van der Waals surface area contributed by atoms with Gasteiger partial charge in [-0.15, -0.1) is 0 Å². The van der Waals surface area contributed by atoms with E-state index in [4.69, 9.17) is 0 Å². The highest BCUT2D eigenvalue weighted by molar-refractivity contribution is 5.91. The van der Waals surface area contributed by atoms with Crippen molar-refractivity contribution >= 4 is 11.8 Å². The first-order valence-electron chi connectivity index (χ1n) is 9.82.